The molecule has 1 aliphatic carbocycles. The summed E-state index contributed by atoms with van der Waals surface area (Å²) in [5, 5.41) is 7.47. The summed E-state index contributed by atoms with van der Waals surface area (Å²) in [6.07, 6.45) is 10.3. The first-order valence-electron chi connectivity index (χ1n) is 9.40. The van der Waals surface area contributed by atoms with Crippen molar-refractivity contribution in [1.29, 1.82) is 0 Å². The molecule has 6 heteroatoms. The molecule has 1 aromatic rings. The van der Waals surface area contributed by atoms with E-state index in [2.05, 4.69) is 28.4 Å². The highest BCUT2D eigenvalue weighted by molar-refractivity contribution is 5.86. The van der Waals surface area contributed by atoms with Gasteiger partial charge in [-0.2, -0.15) is 5.10 Å². The first-order chi connectivity index (χ1) is 11.6. The summed E-state index contributed by atoms with van der Waals surface area (Å²) in [6.45, 7) is 6.88. The lowest BCUT2D eigenvalue weighted by molar-refractivity contribution is -0.126. The largest absolute Gasteiger partial charge is 0.354 e. The summed E-state index contributed by atoms with van der Waals surface area (Å²) >= 11 is 0. The normalized spacial score (nSPS) is 24.2. The van der Waals surface area contributed by atoms with Crippen LogP contribution in [-0.4, -0.2) is 45.8 Å². The zero-order chi connectivity index (χ0) is 17.0. The molecule has 24 heavy (non-hydrogen) atoms. The van der Waals surface area contributed by atoms with E-state index >= 15 is 0 Å². The van der Waals surface area contributed by atoms with Crippen molar-refractivity contribution in [3.63, 3.8) is 0 Å². The van der Waals surface area contributed by atoms with Gasteiger partial charge in [-0.15, -0.1) is 0 Å². The molecule has 1 aromatic heterocycles. The number of carbonyl (C=O) groups is 1. The van der Waals surface area contributed by atoms with Gasteiger partial charge in [0.05, 0.1) is 11.7 Å². The van der Waals surface area contributed by atoms with Crippen LogP contribution in [0.3, 0.4) is 0 Å². The van der Waals surface area contributed by atoms with E-state index in [1.54, 1.807) is 0 Å². The van der Waals surface area contributed by atoms with Gasteiger partial charge in [0.15, 0.2) is 0 Å². The van der Waals surface area contributed by atoms with Crippen LogP contribution < -0.4 is 11.1 Å². The molecule has 1 saturated heterocycles. The van der Waals surface area contributed by atoms with Crippen LogP contribution >= 0.6 is 0 Å². The fourth-order valence-electron chi connectivity index (χ4n) is 4.03. The van der Waals surface area contributed by atoms with Crippen molar-refractivity contribution in [2.45, 2.75) is 64.1 Å². The lowest BCUT2D eigenvalue weighted by atomic mass is 9.95. The lowest BCUT2D eigenvalue weighted by Gasteiger charge is -2.33. The number of rotatable bonds is 6. The molecular formula is C18H31N5O. The van der Waals surface area contributed by atoms with Crippen LogP contribution in [0.1, 0.15) is 51.0 Å². The van der Waals surface area contributed by atoms with Gasteiger partial charge in [-0.3, -0.25) is 14.4 Å². The number of hydrogen-bond acceptors (Lipinski definition) is 4. The topological polar surface area (TPSA) is 76.2 Å². The minimum atomic E-state index is -0.608. The molecule has 0 bridgehead atoms. The summed E-state index contributed by atoms with van der Waals surface area (Å²) < 4.78 is 1.97. The Kier molecular flexibility index (Phi) is 5.56. The SMILES string of the molecule is CCn1cc(CN2CCCC(CNC(=O)C3(N)CCCC3)C2)cn1. The van der Waals surface area contributed by atoms with E-state index in [1.807, 2.05) is 10.9 Å². The fourth-order valence-corrected chi connectivity index (χ4v) is 4.03. The van der Waals surface area contributed by atoms with E-state index in [0.29, 0.717) is 5.92 Å². The molecule has 3 N–H and O–H groups in total. The van der Waals surface area contributed by atoms with E-state index in [1.165, 1.54) is 18.4 Å². The van der Waals surface area contributed by atoms with Crippen molar-refractivity contribution in [3.05, 3.63) is 18.0 Å². The zero-order valence-corrected chi connectivity index (χ0v) is 14.8. The van der Waals surface area contributed by atoms with Crippen molar-refractivity contribution in [3.8, 4) is 0 Å². The fraction of sp³-hybridized carbons (Fsp3) is 0.778. The second-order valence-electron chi connectivity index (χ2n) is 7.52. The average Bonchev–Trinajstić information content (AvgIpc) is 3.23. The Labute approximate surface area is 144 Å². The Hall–Kier alpha value is -1.40. The molecular weight excluding hydrogens is 302 g/mol. The number of nitrogens with one attached hydrogen (secondary N) is 1. The van der Waals surface area contributed by atoms with Gasteiger partial charge in [0, 0.05) is 37.9 Å². The van der Waals surface area contributed by atoms with Crippen LogP contribution in [0.5, 0.6) is 0 Å². The molecule has 1 saturated carbocycles. The van der Waals surface area contributed by atoms with E-state index < -0.39 is 5.54 Å². The number of nitrogens with two attached hydrogens (primary N) is 1. The maximum Gasteiger partial charge on any atom is 0.240 e. The summed E-state index contributed by atoms with van der Waals surface area (Å²) in [7, 11) is 0. The molecule has 1 unspecified atom stereocenters. The summed E-state index contributed by atoms with van der Waals surface area (Å²) in [5.74, 6) is 0.579. The first kappa shape index (κ1) is 17.4. The van der Waals surface area contributed by atoms with Crippen molar-refractivity contribution in [2.24, 2.45) is 11.7 Å². The third-order valence-electron chi connectivity index (χ3n) is 5.52. The van der Waals surface area contributed by atoms with Gasteiger partial charge in [-0.05, 0) is 45.1 Å². The molecule has 2 aliphatic rings. The smallest absolute Gasteiger partial charge is 0.240 e. The van der Waals surface area contributed by atoms with Gasteiger partial charge >= 0.3 is 0 Å². The quantitative estimate of drug-likeness (QED) is 0.827. The number of aromatic nitrogens is 2. The highest BCUT2D eigenvalue weighted by Gasteiger charge is 2.37. The Bertz CT molecular complexity index is 549. The highest BCUT2D eigenvalue weighted by Crippen LogP contribution is 2.27. The molecule has 2 heterocycles. The number of likely N-dealkylation sites (tertiary alicyclic amines) is 1. The Morgan fingerprint density at radius 1 is 1.42 bits per heavy atom. The lowest BCUT2D eigenvalue weighted by Crippen LogP contribution is -2.53. The van der Waals surface area contributed by atoms with Gasteiger partial charge in [-0.1, -0.05) is 12.8 Å². The summed E-state index contributed by atoms with van der Waals surface area (Å²) in [5.41, 5.74) is 6.90. The number of aryl methyl sites for hydroxylation is 1. The number of nitrogens with zero attached hydrogens (tertiary/aromatic N) is 3. The minimum Gasteiger partial charge on any atom is -0.354 e. The van der Waals surface area contributed by atoms with Gasteiger partial charge in [0.2, 0.25) is 5.91 Å². The predicted molar refractivity (Wildman–Crippen MR) is 94.3 cm³/mol. The monoisotopic (exact) mass is 333 g/mol. The number of piperidine rings is 1. The van der Waals surface area contributed by atoms with E-state index in [9.17, 15) is 4.79 Å². The van der Waals surface area contributed by atoms with Crippen molar-refractivity contribution < 1.29 is 4.79 Å². The third kappa shape index (κ3) is 4.16. The van der Waals surface area contributed by atoms with Gasteiger partial charge < -0.3 is 11.1 Å². The Morgan fingerprint density at radius 3 is 2.92 bits per heavy atom. The van der Waals surface area contributed by atoms with Crippen LogP contribution in [0.2, 0.25) is 0 Å². The van der Waals surface area contributed by atoms with E-state index in [0.717, 1.165) is 58.4 Å². The molecule has 0 radical (unpaired) electrons. The first-order valence-corrected chi connectivity index (χ1v) is 9.40. The maximum absolute atomic E-state index is 12.4. The standard InChI is InChI=1S/C18H31N5O/c1-2-23-14-16(11-21-23)13-22-9-5-6-15(12-22)10-20-17(24)18(19)7-3-4-8-18/h11,14-15H,2-10,12-13,19H2,1H3,(H,20,24). The Balaban J connectivity index is 1.46. The van der Waals surface area contributed by atoms with Gasteiger partial charge in [0.1, 0.15) is 0 Å². The molecule has 0 aromatic carbocycles. The molecule has 3 rings (SSSR count). The van der Waals surface area contributed by atoms with E-state index in [4.69, 9.17) is 5.73 Å². The summed E-state index contributed by atoms with van der Waals surface area (Å²) in [6, 6.07) is 0. The molecule has 1 amide bonds. The molecule has 1 atom stereocenters. The van der Waals surface area contributed by atoms with Crippen molar-refractivity contribution >= 4 is 5.91 Å². The van der Waals surface area contributed by atoms with Gasteiger partial charge in [-0.25, -0.2) is 0 Å². The second-order valence-corrected chi connectivity index (χ2v) is 7.52. The van der Waals surface area contributed by atoms with Crippen molar-refractivity contribution in [2.75, 3.05) is 19.6 Å². The van der Waals surface area contributed by atoms with Crippen LogP contribution in [-0.2, 0) is 17.9 Å². The van der Waals surface area contributed by atoms with Crippen LogP contribution in [0.25, 0.3) is 0 Å². The third-order valence-corrected chi connectivity index (χ3v) is 5.52. The van der Waals surface area contributed by atoms with Crippen LogP contribution in [0.15, 0.2) is 12.4 Å². The average molecular weight is 333 g/mol. The Morgan fingerprint density at radius 2 is 2.21 bits per heavy atom. The molecule has 2 fully saturated rings. The minimum absolute atomic E-state index is 0.0568. The zero-order valence-electron chi connectivity index (χ0n) is 14.8. The molecule has 134 valence electrons. The van der Waals surface area contributed by atoms with Crippen molar-refractivity contribution in [1.82, 2.24) is 20.0 Å². The number of amides is 1. The highest BCUT2D eigenvalue weighted by atomic mass is 16.2. The predicted octanol–water partition coefficient (Wildman–Crippen LogP) is 1.50. The number of hydrogen-bond donors (Lipinski definition) is 2. The maximum atomic E-state index is 12.4. The molecule has 1 aliphatic heterocycles. The second kappa shape index (κ2) is 7.66. The van der Waals surface area contributed by atoms with E-state index in [-0.39, 0.29) is 5.91 Å². The number of carbonyl (C=O) groups excluding carboxylic acids is 1. The van der Waals surface area contributed by atoms with Crippen LogP contribution in [0.4, 0.5) is 0 Å². The van der Waals surface area contributed by atoms with Gasteiger partial charge in [0.25, 0.3) is 0 Å². The van der Waals surface area contributed by atoms with Crippen LogP contribution in [0, 0.1) is 5.92 Å². The molecule has 6 nitrogen and oxygen atoms in total. The summed E-state index contributed by atoms with van der Waals surface area (Å²) in [4.78, 5) is 14.8. The molecule has 0 spiro atoms.